The summed E-state index contributed by atoms with van der Waals surface area (Å²) >= 11 is 0. The molecule has 0 N–H and O–H groups in total. The summed E-state index contributed by atoms with van der Waals surface area (Å²) in [6, 6.07) is 3.81. The maximum absolute atomic E-state index is 13.1. The Morgan fingerprint density at radius 3 is 3.08 bits per heavy atom. The molecule has 0 radical (unpaired) electrons. The Kier molecular flexibility index (Phi) is 3.98. The lowest BCUT2D eigenvalue weighted by atomic mass is 9.99. The van der Waals surface area contributed by atoms with E-state index in [1.807, 2.05) is 30.3 Å². The number of rotatable bonds is 3. The van der Waals surface area contributed by atoms with Gasteiger partial charge in [-0.3, -0.25) is 9.48 Å². The smallest absolute Gasteiger partial charge is 0.257 e. The normalized spacial score (nSPS) is 21.1. The van der Waals surface area contributed by atoms with Crippen LogP contribution >= 0.6 is 0 Å². The lowest BCUT2D eigenvalue weighted by Gasteiger charge is -2.27. The molecule has 4 rings (SSSR count). The van der Waals surface area contributed by atoms with Gasteiger partial charge in [0.25, 0.3) is 5.91 Å². The number of hydrogen-bond donors (Lipinski definition) is 0. The molecule has 6 nitrogen and oxygen atoms in total. The molecule has 1 amide bonds. The fourth-order valence-corrected chi connectivity index (χ4v) is 3.45. The number of aryl methyl sites for hydroxylation is 1. The van der Waals surface area contributed by atoms with Crippen LogP contribution in [0.2, 0.25) is 0 Å². The van der Waals surface area contributed by atoms with Gasteiger partial charge in [0, 0.05) is 44.4 Å². The Balaban J connectivity index is 1.57. The lowest BCUT2D eigenvalue weighted by molar-refractivity contribution is 0.0772. The Bertz CT molecular complexity index is 755. The molecule has 2 aromatic rings. The minimum absolute atomic E-state index is 0.0437. The molecule has 126 valence electrons. The number of carbonyl (C=O) groups is 1. The van der Waals surface area contributed by atoms with Crippen LogP contribution in [-0.2, 0) is 11.8 Å². The van der Waals surface area contributed by atoms with E-state index >= 15 is 0 Å². The van der Waals surface area contributed by atoms with Gasteiger partial charge in [-0.05, 0) is 25.0 Å². The van der Waals surface area contributed by atoms with E-state index < -0.39 is 0 Å². The minimum atomic E-state index is 0.0437. The number of ether oxygens (including phenoxy) is 1. The Labute approximate surface area is 140 Å². The van der Waals surface area contributed by atoms with Gasteiger partial charge in [0.1, 0.15) is 5.76 Å². The van der Waals surface area contributed by atoms with Crippen molar-refractivity contribution < 1.29 is 13.9 Å². The fraction of sp³-hybridized carbons (Fsp3) is 0.444. The highest BCUT2D eigenvalue weighted by atomic mass is 16.5. The van der Waals surface area contributed by atoms with Crippen molar-refractivity contribution in [2.45, 2.75) is 18.8 Å². The van der Waals surface area contributed by atoms with Gasteiger partial charge < -0.3 is 14.1 Å². The first-order valence-electron chi connectivity index (χ1n) is 8.36. The molecule has 6 heteroatoms. The van der Waals surface area contributed by atoms with E-state index in [1.54, 1.807) is 10.9 Å². The molecule has 0 spiro atoms. The molecular weight excluding hydrogens is 306 g/mol. The lowest BCUT2D eigenvalue weighted by Crippen LogP contribution is -2.35. The second-order valence-corrected chi connectivity index (χ2v) is 6.38. The van der Waals surface area contributed by atoms with Crippen LogP contribution in [-0.4, -0.2) is 46.9 Å². The predicted molar refractivity (Wildman–Crippen MR) is 88.6 cm³/mol. The van der Waals surface area contributed by atoms with E-state index in [9.17, 15) is 4.79 Å². The molecule has 2 aliphatic rings. The van der Waals surface area contributed by atoms with Gasteiger partial charge in [0.05, 0.1) is 24.1 Å². The molecule has 2 aliphatic heterocycles. The van der Waals surface area contributed by atoms with Crippen molar-refractivity contribution in [1.82, 2.24) is 14.7 Å². The summed E-state index contributed by atoms with van der Waals surface area (Å²) in [5.41, 5.74) is 2.64. The van der Waals surface area contributed by atoms with E-state index in [0.717, 1.165) is 43.0 Å². The standard InChI is InChI=1S/C18H21N3O3/c1-20-11-15(17(19-20)14-6-9-23-12-14)18(22)21-7-2-4-13(10-21)16-5-3-8-24-16/h3-5,8,11,14H,2,6-7,9-10,12H2,1H3. The van der Waals surface area contributed by atoms with Gasteiger partial charge in [0.2, 0.25) is 0 Å². The minimum Gasteiger partial charge on any atom is -0.465 e. The van der Waals surface area contributed by atoms with E-state index in [-0.39, 0.29) is 11.8 Å². The fourth-order valence-electron chi connectivity index (χ4n) is 3.45. The third kappa shape index (κ3) is 2.78. The highest BCUT2D eigenvalue weighted by molar-refractivity contribution is 5.96. The largest absolute Gasteiger partial charge is 0.465 e. The Hall–Kier alpha value is -2.34. The van der Waals surface area contributed by atoms with Crippen molar-refractivity contribution in [1.29, 1.82) is 0 Å². The highest BCUT2D eigenvalue weighted by Gasteiger charge is 2.30. The van der Waals surface area contributed by atoms with Crippen molar-refractivity contribution in [3.8, 4) is 0 Å². The first-order chi connectivity index (χ1) is 11.7. The monoisotopic (exact) mass is 327 g/mol. The second-order valence-electron chi connectivity index (χ2n) is 6.38. The van der Waals surface area contributed by atoms with Crippen LogP contribution in [0.1, 0.15) is 40.6 Å². The summed E-state index contributed by atoms with van der Waals surface area (Å²) in [5, 5.41) is 4.53. The Morgan fingerprint density at radius 2 is 2.33 bits per heavy atom. The Morgan fingerprint density at radius 1 is 1.42 bits per heavy atom. The topological polar surface area (TPSA) is 60.5 Å². The first-order valence-corrected chi connectivity index (χ1v) is 8.36. The number of hydrogen-bond acceptors (Lipinski definition) is 4. The summed E-state index contributed by atoms with van der Waals surface area (Å²) in [6.45, 7) is 2.68. The third-order valence-corrected chi connectivity index (χ3v) is 4.68. The molecule has 0 bridgehead atoms. The van der Waals surface area contributed by atoms with Crippen LogP contribution in [0.5, 0.6) is 0 Å². The quantitative estimate of drug-likeness (QED) is 0.869. The van der Waals surface area contributed by atoms with Crippen molar-refractivity contribution in [3.05, 3.63) is 47.7 Å². The second kappa shape index (κ2) is 6.28. The number of nitrogens with zero attached hydrogens (tertiary/aromatic N) is 3. The van der Waals surface area contributed by atoms with Crippen LogP contribution in [0.4, 0.5) is 0 Å². The molecule has 0 saturated carbocycles. The molecule has 2 aromatic heterocycles. The zero-order valence-electron chi connectivity index (χ0n) is 13.8. The molecule has 1 fully saturated rings. The van der Waals surface area contributed by atoms with Crippen LogP contribution in [0.3, 0.4) is 0 Å². The van der Waals surface area contributed by atoms with Gasteiger partial charge in [0.15, 0.2) is 0 Å². The van der Waals surface area contributed by atoms with Crippen LogP contribution < -0.4 is 0 Å². The maximum Gasteiger partial charge on any atom is 0.257 e. The van der Waals surface area contributed by atoms with Crippen molar-refractivity contribution >= 4 is 11.5 Å². The zero-order valence-corrected chi connectivity index (χ0v) is 13.8. The van der Waals surface area contributed by atoms with Gasteiger partial charge in [-0.15, -0.1) is 0 Å². The number of furan rings is 1. The average molecular weight is 327 g/mol. The number of carbonyl (C=O) groups excluding carboxylic acids is 1. The third-order valence-electron chi connectivity index (χ3n) is 4.68. The van der Waals surface area contributed by atoms with Gasteiger partial charge in [-0.25, -0.2) is 0 Å². The molecule has 1 unspecified atom stereocenters. The van der Waals surface area contributed by atoms with Gasteiger partial charge >= 0.3 is 0 Å². The van der Waals surface area contributed by atoms with Gasteiger partial charge in [-0.2, -0.15) is 5.10 Å². The summed E-state index contributed by atoms with van der Waals surface area (Å²) in [5.74, 6) is 1.10. The summed E-state index contributed by atoms with van der Waals surface area (Å²) < 4.78 is 12.7. The van der Waals surface area contributed by atoms with E-state index in [2.05, 4.69) is 11.2 Å². The molecule has 0 aromatic carbocycles. The molecule has 1 saturated heterocycles. The van der Waals surface area contributed by atoms with Gasteiger partial charge in [-0.1, -0.05) is 6.08 Å². The van der Waals surface area contributed by atoms with Crippen molar-refractivity contribution in [3.63, 3.8) is 0 Å². The molecule has 4 heterocycles. The average Bonchev–Trinajstić information content (AvgIpc) is 3.35. The SMILES string of the molecule is Cn1cc(C(=O)N2CCC=C(c3ccco3)C2)c(C2CCOC2)n1. The highest BCUT2D eigenvalue weighted by Crippen LogP contribution is 2.29. The summed E-state index contributed by atoms with van der Waals surface area (Å²) in [4.78, 5) is 15.0. The predicted octanol–water partition coefficient (Wildman–Crippen LogP) is 2.45. The van der Waals surface area contributed by atoms with Crippen LogP contribution in [0.25, 0.3) is 5.57 Å². The maximum atomic E-state index is 13.1. The van der Waals surface area contributed by atoms with E-state index in [1.165, 1.54) is 0 Å². The van der Waals surface area contributed by atoms with Crippen molar-refractivity contribution in [2.24, 2.45) is 7.05 Å². The summed E-state index contributed by atoms with van der Waals surface area (Å²) in [6.07, 6.45) is 7.41. The molecular formula is C18H21N3O3. The molecule has 1 atom stereocenters. The van der Waals surface area contributed by atoms with Crippen molar-refractivity contribution in [2.75, 3.05) is 26.3 Å². The first kappa shape index (κ1) is 15.2. The molecule has 24 heavy (non-hydrogen) atoms. The number of aromatic nitrogens is 2. The van der Waals surface area contributed by atoms with Crippen LogP contribution in [0.15, 0.2) is 35.1 Å². The van der Waals surface area contributed by atoms with Crippen LogP contribution in [0, 0.1) is 0 Å². The summed E-state index contributed by atoms with van der Waals surface area (Å²) in [7, 11) is 1.86. The molecule has 0 aliphatic carbocycles. The zero-order chi connectivity index (χ0) is 16.5. The van der Waals surface area contributed by atoms with E-state index in [4.69, 9.17) is 9.15 Å². The van der Waals surface area contributed by atoms with E-state index in [0.29, 0.717) is 18.7 Å². The number of amides is 1.